The van der Waals surface area contributed by atoms with Gasteiger partial charge in [0.1, 0.15) is 5.78 Å². The van der Waals surface area contributed by atoms with Crippen molar-refractivity contribution < 1.29 is 4.79 Å². The van der Waals surface area contributed by atoms with Gasteiger partial charge in [0.15, 0.2) is 0 Å². The lowest BCUT2D eigenvalue weighted by atomic mass is 9.57. The zero-order valence-electron chi connectivity index (χ0n) is 17.8. The van der Waals surface area contributed by atoms with Crippen molar-refractivity contribution in [2.45, 2.75) is 90.9 Å². The summed E-state index contributed by atoms with van der Waals surface area (Å²) in [5.74, 6) is 1.72. The second-order valence-corrected chi connectivity index (χ2v) is 11.9. The second-order valence-electron chi connectivity index (χ2n) is 9.97. The fourth-order valence-corrected chi connectivity index (χ4v) is 8.30. The van der Waals surface area contributed by atoms with Crippen molar-refractivity contribution in [1.82, 2.24) is 0 Å². The highest BCUT2D eigenvalue weighted by Crippen LogP contribution is 2.54. The third-order valence-electron chi connectivity index (χ3n) is 7.60. The number of rotatable bonds is 4. The smallest absolute Gasteiger partial charge is 0.144 e. The molecule has 28 heavy (non-hydrogen) atoms. The molecule has 4 atom stereocenters. The number of Topliss-reactive ketones (excluding diaryl/α,β-unsaturated/α-hetero) is 1. The molecular weight excluding hydrogens is 380 g/mol. The average molecular weight is 415 g/mol. The maximum absolute atomic E-state index is 14.0. The van der Waals surface area contributed by atoms with Gasteiger partial charge < -0.3 is 0 Å². The van der Waals surface area contributed by atoms with Gasteiger partial charge >= 0.3 is 0 Å². The highest BCUT2D eigenvalue weighted by Gasteiger charge is 2.49. The highest BCUT2D eigenvalue weighted by atomic mass is 32.1. The molecule has 2 aromatic rings. The molecule has 3 heteroatoms. The van der Waals surface area contributed by atoms with Gasteiger partial charge in [0.05, 0.1) is 0 Å². The van der Waals surface area contributed by atoms with Gasteiger partial charge in [-0.15, -0.1) is 22.7 Å². The molecule has 0 saturated heterocycles. The lowest BCUT2D eigenvalue weighted by Gasteiger charge is -2.45. The van der Waals surface area contributed by atoms with E-state index in [1.807, 2.05) is 22.7 Å². The first kappa shape index (κ1) is 20.3. The minimum atomic E-state index is -0.152. The summed E-state index contributed by atoms with van der Waals surface area (Å²) in [6, 6.07) is 4.48. The van der Waals surface area contributed by atoms with E-state index in [9.17, 15) is 4.79 Å². The molecule has 2 fully saturated rings. The van der Waals surface area contributed by atoms with E-state index in [0.29, 0.717) is 17.6 Å². The van der Waals surface area contributed by atoms with Crippen LogP contribution in [0.2, 0.25) is 0 Å². The molecule has 2 saturated carbocycles. The number of thiophene rings is 2. The monoisotopic (exact) mass is 414 g/mol. The van der Waals surface area contributed by atoms with Crippen LogP contribution in [0.25, 0.3) is 0 Å². The Bertz CT molecular complexity index is 778. The van der Waals surface area contributed by atoms with E-state index in [4.69, 9.17) is 0 Å². The van der Waals surface area contributed by atoms with Crippen molar-refractivity contribution in [1.29, 1.82) is 0 Å². The Hall–Kier alpha value is -0.930. The van der Waals surface area contributed by atoms with Crippen molar-refractivity contribution >= 4 is 28.5 Å². The number of carbonyl (C=O) groups excluding carboxylic acids is 1. The zero-order valence-corrected chi connectivity index (χ0v) is 19.5. The van der Waals surface area contributed by atoms with Gasteiger partial charge in [0.25, 0.3) is 0 Å². The minimum absolute atomic E-state index is 0.152. The fraction of sp³-hybridized carbons (Fsp3) is 0.640. The fourth-order valence-electron chi connectivity index (χ4n) is 6.17. The summed E-state index contributed by atoms with van der Waals surface area (Å²) < 4.78 is 0. The van der Waals surface area contributed by atoms with E-state index in [2.05, 4.69) is 50.6 Å². The van der Waals surface area contributed by atoms with Crippen molar-refractivity contribution in [3.63, 3.8) is 0 Å². The van der Waals surface area contributed by atoms with Crippen LogP contribution in [0, 0.1) is 24.7 Å². The molecule has 0 spiro atoms. The predicted molar refractivity (Wildman–Crippen MR) is 122 cm³/mol. The first-order chi connectivity index (χ1) is 13.3. The second kappa shape index (κ2) is 7.72. The van der Waals surface area contributed by atoms with E-state index >= 15 is 0 Å². The molecule has 0 amide bonds. The summed E-state index contributed by atoms with van der Waals surface area (Å²) in [5, 5.41) is 4.43. The van der Waals surface area contributed by atoms with Crippen molar-refractivity contribution in [2.75, 3.05) is 0 Å². The first-order valence-electron chi connectivity index (χ1n) is 11.0. The normalized spacial score (nSPS) is 33.7. The predicted octanol–water partition coefficient (Wildman–Crippen LogP) is 8.02. The Kier molecular flexibility index (Phi) is 5.61. The van der Waals surface area contributed by atoms with E-state index in [0.717, 1.165) is 25.7 Å². The summed E-state index contributed by atoms with van der Waals surface area (Å²) in [4.78, 5) is 17.1. The topological polar surface area (TPSA) is 17.1 Å². The molecular formula is C25H34OS2. The number of hydrogen-bond donors (Lipinski definition) is 0. The van der Waals surface area contributed by atoms with E-state index in [1.165, 1.54) is 46.6 Å². The Balaban J connectivity index is 1.55. The molecule has 2 aliphatic carbocycles. The van der Waals surface area contributed by atoms with Crippen LogP contribution in [0.5, 0.6) is 0 Å². The van der Waals surface area contributed by atoms with Crippen LogP contribution in [0.4, 0.5) is 0 Å². The van der Waals surface area contributed by atoms with Gasteiger partial charge in [-0.2, -0.15) is 0 Å². The van der Waals surface area contributed by atoms with Crippen molar-refractivity contribution in [2.24, 2.45) is 10.8 Å². The standard InChI is InChI=1S/C25H34OS2/c1-17-9-13-27-21(17)19-7-5-11-24(3,15-19)23(26)25(4)12-6-8-20(16-25)22-18(2)10-14-28-22/h9-10,13-14,19-20H,5-8,11-12,15-16H2,1-4H3. The number of ketones is 1. The van der Waals surface area contributed by atoms with Crippen LogP contribution < -0.4 is 0 Å². The van der Waals surface area contributed by atoms with Gasteiger partial charge in [-0.05, 0) is 98.2 Å². The van der Waals surface area contributed by atoms with E-state index in [1.54, 1.807) is 0 Å². The van der Waals surface area contributed by atoms with Crippen LogP contribution in [-0.4, -0.2) is 5.78 Å². The van der Waals surface area contributed by atoms with Gasteiger partial charge in [0, 0.05) is 20.6 Å². The van der Waals surface area contributed by atoms with Gasteiger partial charge in [-0.1, -0.05) is 26.7 Å². The maximum Gasteiger partial charge on any atom is 0.144 e. The summed E-state index contributed by atoms with van der Waals surface area (Å²) in [5.41, 5.74) is 2.54. The molecule has 4 rings (SSSR count). The van der Waals surface area contributed by atoms with Crippen LogP contribution >= 0.6 is 22.7 Å². The Morgan fingerprint density at radius 3 is 1.64 bits per heavy atom. The minimum Gasteiger partial charge on any atom is -0.298 e. The SMILES string of the molecule is Cc1ccsc1C1CCCC(C)(C(=O)C2(C)CCCC(c3sccc3C)C2)C1. The lowest BCUT2D eigenvalue weighted by molar-refractivity contribution is -0.142. The summed E-state index contributed by atoms with van der Waals surface area (Å²) in [6.45, 7) is 9.04. The summed E-state index contributed by atoms with van der Waals surface area (Å²) in [7, 11) is 0. The van der Waals surface area contributed by atoms with Crippen LogP contribution in [-0.2, 0) is 4.79 Å². The molecule has 2 aliphatic rings. The van der Waals surface area contributed by atoms with Gasteiger partial charge in [0.2, 0.25) is 0 Å². The van der Waals surface area contributed by atoms with Crippen LogP contribution in [0.1, 0.15) is 97.9 Å². The largest absolute Gasteiger partial charge is 0.298 e. The molecule has 0 aliphatic heterocycles. The third kappa shape index (κ3) is 3.65. The highest BCUT2D eigenvalue weighted by molar-refractivity contribution is 7.10. The summed E-state index contributed by atoms with van der Waals surface area (Å²) >= 11 is 3.79. The average Bonchev–Trinajstić information content (AvgIpc) is 3.29. The Morgan fingerprint density at radius 1 is 0.857 bits per heavy atom. The van der Waals surface area contributed by atoms with Gasteiger partial charge in [-0.3, -0.25) is 4.79 Å². The maximum atomic E-state index is 14.0. The quantitative estimate of drug-likeness (QED) is 0.495. The van der Waals surface area contributed by atoms with E-state index in [-0.39, 0.29) is 10.8 Å². The number of aryl methyl sites for hydroxylation is 2. The number of carbonyl (C=O) groups is 1. The molecule has 0 radical (unpaired) electrons. The van der Waals surface area contributed by atoms with Crippen molar-refractivity contribution in [3.8, 4) is 0 Å². The van der Waals surface area contributed by atoms with Crippen LogP contribution in [0.3, 0.4) is 0 Å². The molecule has 0 N–H and O–H groups in total. The van der Waals surface area contributed by atoms with Crippen LogP contribution in [0.15, 0.2) is 22.9 Å². The molecule has 0 aromatic carbocycles. The lowest BCUT2D eigenvalue weighted by Crippen LogP contribution is -2.44. The Labute approximate surface area is 178 Å². The molecule has 0 bridgehead atoms. The van der Waals surface area contributed by atoms with E-state index < -0.39 is 0 Å². The molecule has 2 aromatic heterocycles. The molecule has 152 valence electrons. The number of hydrogen-bond acceptors (Lipinski definition) is 3. The van der Waals surface area contributed by atoms with Crippen molar-refractivity contribution in [3.05, 3.63) is 43.8 Å². The third-order valence-corrected chi connectivity index (χ3v) is 9.96. The molecule has 2 heterocycles. The molecule has 1 nitrogen and oxygen atoms in total. The Morgan fingerprint density at radius 2 is 1.29 bits per heavy atom. The van der Waals surface area contributed by atoms with Gasteiger partial charge in [-0.25, -0.2) is 0 Å². The summed E-state index contributed by atoms with van der Waals surface area (Å²) in [6.07, 6.45) is 9.12. The first-order valence-corrected chi connectivity index (χ1v) is 12.7. The molecule has 4 unspecified atom stereocenters. The zero-order chi connectivity index (χ0) is 19.9.